The predicted octanol–water partition coefficient (Wildman–Crippen LogP) is 3.76. The Kier molecular flexibility index (Phi) is 5.16. The summed E-state index contributed by atoms with van der Waals surface area (Å²) in [4.78, 5) is 12.7. The maximum atomic E-state index is 12.7. The number of benzene rings is 2. The number of para-hydroxylation sites is 1. The molecule has 1 aliphatic rings. The Hall–Kier alpha value is -3.06. The summed E-state index contributed by atoms with van der Waals surface area (Å²) in [5.74, 6) is 0.733. The van der Waals surface area contributed by atoms with Gasteiger partial charge in [0, 0.05) is 23.5 Å². The summed E-state index contributed by atoms with van der Waals surface area (Å²) in [5.41, 5.74) is 9.47. The zero-order chi connectivity index (χ0) is 19.5. The SMILES string of the molecule is C=CCn1c(SC2CCc3ccccc3NC2=O)nnc1-c1ccc(N)cc1. The first-order chi connectivity index (χ1) is 13.7. The minimum absolute atomic E-state index is 0.00265. The van der Waals surface area contributed by atoms with Gasteiger partial charge in [-0.15, -0.1) is 16.8 Å². The number of nitrogen functional groups attached to an aromatic ring is 1. The Morgan fingerprint density at radius 2 is 2.00 bits per heavy atom. The first-order valence-electron chi connectivity index (χ1n) is 9.11. The van der Waals surface area contributed by atoms with Crippen molar-refractivity contribution in [3.05, 3.63) is 66.7 Å². The third-order valence-electron chi connectivity index (χ3n) is 4.69. The summed E-state index contributed by atoms with van der Waals surface area (Å²) in [5, 5.41) is 12.2. The topological polar surface area (TPSA) is 85.8 Å². The van der Waals surface area contributed by atoms with Crippen LogP contribution >= 0.6 is 11.8 Å². The largest absolute Gasteiger partial charge is 0.399 e. The fourth-order valence-corrected chi connectivity index (χ4v) is 4.28. The number of carbonyl (C=O) groups is 1. The maximum absolute atomic E-state index is 12.7. The number of nitrogens with one attached hydrogen (secondary N) is 1. The van der Waals surface area contributed by atoms with Gasteiger partial charge in [-0.2, -0.15) is 0 Å². The van der Waals surface area contributed by atoms with Gasteiger partial charge in [-0.3, -0.25) is 9.36 Å². The van der Waals surface area contributed by atoms with E-state index in [0.29, 0.717) is 17.4 Å². The molecule has 0 spiro atoms. The second kappa shape index (κ2) is 7.90. The Balaban J connectivity index is 1.60. The average Bonchev–Trinajstić information content (AvgIpc) is 3.01. The number of aromatic nitrogens is 3. The number of hydrogen-bond donors (Lipinski definition) is 2. The molecule has 2 aromatic carbocycles. The van der Waals surface area contributed by atoms with Crippen LogP contribution in [0.1, 0.15) is 12.0 Å². The van der Waals surface area contributed by atoms with Crippen molar-refractivity contribution in [2.24, 2.45) is 0 Å². The molecular formula is C21H21N5OS. The van der Waals surface area contributed by atoms with E-state index in [0.717, 1.165) is 35.5 Å². The van der Waals surface area contributed by atoms with Gasteiger partial charge in [0.05, 0.1) is 5.25 Å². The van der Waals surface area contributed by atoms with E-state index in [4.69, 9.17) is 5.73 Å². The van der Waals surface area contributed by atoms with Gasteiger partial charge in [0.2, 0.25) is 5.91 Å². The highest BCUT2D eigenvalue weighted by Crippen LogP contribution is 2.32. The van der Waals surface area contributed by atoms with E-state index in [1.807, 2.05) is 47.0 Å². The second-order valence-electron chi connectivity index (χ2n) is 6.62. The molecule has 0 aliphatic carbocycles. The first kappa shape index (κ1) is 18.3. The number of anilines is 2. The molecule has 1 amide bonds. The Bertz CT molecular complexity index is 1010. The Labute approximate surface area is 167 Å². The minimum atomic E-state index is -0.237. The van der Waals surface area contributed by atoms with E-state index in [9.17, 15) is 4.79 Å². The van der Waals surface area contributed by atoms with Crippen LogP contribution in [0.4, 0.5) is 11.4 Å². The zero-order valence-electron chi connectivity index (χ0n) is 15.3. The van der Waals surface area contributed by atoms with Gasteiger partial charge in [0.1, 0.15) is 0 Å². The summed E-state index contributed by atoms with van der Waals surface area (Å²) in [7, 11) is 0. The lowest BCUT2D eigenvalue weighted by Crippen LogP contribution is -2.24. The van der Waals surface area contributed by atoms with Crippen molar-refractivity contribution in [3.63, 3.8) is 0 Å². The van der Waals surface area contributed by atoms with Crippen LogP contribution in [0.15, 0.2) is 66.3 Å². The summed E-state index contributed by atoms with van der Waals surface area (Å²) in [6, 6.07) is 15.5. The van der Waals surface area contributed by atoms with E-state index < -0.39 is 0 Å². The average molecular weight is 392 g/mol. The van der Waals surface area contributed by atoms with Crippen molar-refractivity contribution in [1.29, 1.82) is 0 Å². The normalized spacial score (nSPS) is 16.1. The van der Waals surface area contributed by atoms with Crippen molar-refractivity contribution in [2.45, 2.75) is 29.8 Å². The number of thioether (sulfide) groups is 1. The van der Waals surface area contributed by atoms with Gasteiger partial charge in [0.15, 0.2) is 11.0 Å². The summed E-state index contributed by atoms with van der Waals surface area (Å²) >= 11 is 1.45. The molecule has 1 atom stereocenters. The number of nitrogens with two attached hydrogens (primary N) is 1. The molecule has 4 rings (SSSR count). The van der Waals surface area contributed by atoms with E-state index in [2.05, 4.69) is 28.2 Å². The molecule has 1 aliphatic heterocycles. The Morgan fingerprint density at radius 1 is 1.21 bits per heavy atom. The lowest BCUT2D eigenvalue weighted by Gasteiger charge is -2.13. The number of carbonyl (C=O) groups excluding carboxylic acids is 1. The van der Waals surface area contributed by atoms with Gasteiger partial charge in [-0.1, -0.05) is 36.0 Å². The molecule has 28 heavy (non-hydrogen) atoms. The molecule has 1 unspecified atom stereocenters. The third kappa shape index (κ3) is 3.66. The number of aryl methyl sites for hydroxylation is 1. The Morgan fingerprint density at radius 3 is 2.79 bits per heavy atom. The van der Waals surface area contributed by atoms with E-state index >= 15 is 0 Å². The van der Waals surface area contributed by atoms with Gasteiger partial charge in [-0.25, -0.2) is 0 Å². The number of allylic oxidation sites excluding steroid dienone is 1. The standard InChI is InChI=1S/C21H21N5OS/c1-2-13-26-19(15-7-10-16(22)11-8-15)24-25-21(26)28-18-12-9-14-5-3-4-6-17(14)23-20(18)27/h2-8,10-11,18H,1,9,12-13,22H2,(H,23,27). The summed E-state index contributed by atoms with van der Waals surface area (Å²) in [6.45, 7) is 4.40. The lowest BCUT2D eigenvalue weighted by atomic mass is 10.1. The molecule has 0 fully saturated rings. The molecule has 7 heteroatoms. The van der Waals surface area contributed by atoms with Crippen LogP contribution in [-0.4, -0.2) is 25.9 Å². The van der Waals surface area contributed by atoms with Gasteiger partial charge < -0.3 is 11.1 Å². The number of rotatable bonds is 5. The molecule has 3 N–H and O–H groups in total. The van der Waals surface area contributed by atoms with Crippen molar-refractivity contribution >= 4 is 29.0 Å². The van der Waals surface area contributed by atoms with Gasteiger partial charge in [0.25, 0.3) is 0 Å². The number of hydrogen-bond acceptors (Lipinski definition) is 5. The summed E-state index contributed by atoms with van der Waals surface area (Å²) < 4.78 is 1.98. The zero-order valence-corrected chi connectivity index (χ0v) is 16.2. The molecule has 0 saturated carbocycles. The van der Waals surface area contributed by atoms with E-state index in [1.165, 1.54) is 11.8 Å². The monoisotopic (exact) mass is 391 g/mol. The maximum Gasteiger partial charge on any atom is 0.237 e. The highest BCUT2D eigenvalue weighted by molar-refractivity contribution is 8.00. The predicted molar refractivity (Wildman–Crippen MR) is 113 cm³/mol. The number of fused-ring (bicyclic) bond motifs is 1. The molecule has 3 aromatic rings. The number of amides is 1. The highest BCUT2D eigenvalue weighted by atomic mass is 32.2. The molecule has 2 heterocycles. The van der Waals surface area contributed by atoms with Crippen molar-refractivity contribution in [3.8, 4) is 11.4 Å². The van der Waals surface area contributed by atoms with Crippen molar-refractivity contribution in [2.75, 3.05) is 11.1 Å². The van der Waals surface area contributed by atoms with Gasteiger partial charge >= 0.3 is 0 Å². The lowest BCUT2D eigenvalue weighted by molar-refractivity contribution is -0.115. The van der Waals surface area contributed by atoms with Crippen LogP contribution in [0.25, 0.3) is 11.4 Å². The molecular weight excluding hydrogens is 370 g/mol. The van der Waals surface area contributed by atoms with Crippen molar-refractivity contribution in [1.82, 2.24) is 14.8 Å². The van der Waals surface area contributed by atoms with Gasteiger partial charge in [-0.05, 0) is 48.7 Å². The fourth-order valence-electron chi connectivity index (χ4n) is 3.25. The van der Waals surface area contributed by atoms with Crippen molar-refractivity contribution < 1.29 is 4.79 Å². The quantitative estimate of drug-likeness (QED) is 0.511. The minimum Gasteiger partial charge on any atom is -0.399 e. The van der Waals surface area contributed by atoms with E-state index in [1.54, 1.807) is 6.08 Å². The number of nitrogens with zero attached hydrogens (tertiary/aromatic N) is 3. The molecule has 0 radical (unpaired) electrons. The summed E-state index contributed by atoms with van der Waals surface area (Å²) in [6.07, 6.45) is 3.38. The van der Waals surface area contributed by atoms with Crippen LogP contribution in [0, 0.1) is 0 Å². The molecule has 6 nitrogen and oxygen atoms in total. The molecule has 1 aromatic heterocycles. The first-order valence-corrected chi connectivity index (χ1v) is 9.99. The molecule has 142 valence electrons. The van der Waals surface area contributed by atoms with E-state index in [-0.39, 0.29) is 11.2 Å². The third-order valence-corrected chi connectivity index (χ3v) is 5.94. The van der Waals surface area contributed by atoms with Crippen LogP contribution < -0.4 is 11.1 Å². The van der Waals surface area contributed by atoms with Crippen LogP contribution in [0.3, 0.4) is 0 Å². The smallest absolute Gasteiger partial charge is 0.237 e. The fraction of sp³-hybridized carbons (Fsp3) is 0.190. The van der Waals surface area contributed by atoms with Crippen LogP contribution in [-0.2, 0) is 17.8 Å². The molecule has 0 bridgehead atoms. The van der Waals surface area contributed by atoms with Crippen LogP contribution in [0.5, 0.6) is 0 Å². The molecule has 0 saturated heterocycles. The van der Waals surface area contributed by atoms with Crippen LogP contribution in [0.2, 0.25) is 0 Å². The highest BCUT2D eigenvalue weighted by Gasteiger charge is 2.27. The second-order valence-corrected chi connectivity index (χ2v) is 7.79.